The Hall–Kier alpha value is -2.38. The zero-order chi connectivity index (χ0) is 20.3. The third kappa shape index (κ3) is 4.36. The number of nitrogens with one attached hydrogen (secondary N) is 1. The number of amides is 1. The molecule has 146 valence electrons. The molecule has 1 heterocycles. The highest BCUT2D eigenvalue weighted by Crippen LogP contribution is 2.25. The smallest absolute Gasteiger partial charge is 0.262 e. The molecule has 0 radical (unpaired) electrons. The topological polar surface area (TPSA) is 64.0 Å². The number of nitrogens with zero attached hydrogens (tertiary/aromatic N) is 2. The fourth-order valence-corrected chi connectivity index (χ4v) is 3.79. The number of fused-ring (bicyclic) bond motifs is 1. The normalized spacial score (nSPS) is 12.1. The van der Waals surface area contributed by atoms with E-state index in [2.05, 4.69) is 10.3 Å². The molecule has 1 aromatic heterocycles. The summed E-state index contributed by atoms with van der Waals surface area (Å²) in [7, 11) is 0. The number of thioether (sulfide) groups is 1. The lowest BCUT2D eigenvalue weighted by molar-refractivity contribution is -0.115. The Kier molecular flexibility index (Phi) is 6.36. The molecule has 0 saturated carbocycles. The molecule has 3 aromatic rings. The van der Waals surface area contributed by atoms with Crippen molar-refractivity contribution < 1.29 is 9.18 Å². The lowest BCUT2D eigenvalue weighted by atomic mass is 10.2. The first-order valence-corrected chi connectivity index (χ1v) is 10.1. The van der Waals surface area contributed by atoms with Gasteiger partial charge in [-0.1, -0.05) is 42.4 Å². The van der Waals surface area contributed by atoms with Gasteiger partial charge in [-0.05, 0) is 43.7 Å². The lowest BCUT2D eigenvalue weighted by Crippen LogP contribution is -2.27. The second kappa shape index (κ2) is 8.75. The van der Waals surface area contributed by atoms with Gasteiger partial charge >= 0.3 is 0 Å². The molecule has 1 N–H and O–H groups in total. The van der Waals surface area contributed by atoms with Crippen LogP contribution in [-0.2, 0) is 11.3 Å². The average molecular weight is 420 g/mol. The van der Waals surface area contributed by atoms with Gasteiger partial charge < -0.3 is 5.32 Å². The van der Waals surface area contributed by atoms with Crippen molar-refractivity contribution in [1.82, 2.24) is 9.55 Å². The summed E-state index contributed by atoms with van der Waals surface area (Å²) >= 11 is 6.90. The van der Waals surface area contributed by atoms with Crippen molar-refractivity contribution in [3.63, 3.8) is 0 Å². The van der Waals surface area contributed by atoms with Gasteiger partial charge in [0.15, 0.2) is 5.16 Å². The number of halogens is 2. The maximum Gasteiger partial charge on any atom is 0.262 e. The summed E-state index contributed by atoms with van der Waals surface area (Å²) in [6, 6.07) is 11.2. The van der Waals surface area contributed by atoms with Crippen LogP contribution < -0.4 is 10.9 Å². The van der Waals surface area contributed by atoms with Crippen LogP contribution in [0.5, 0.6) is 0 Å². The molecule has 0 aliphatic rings. The Bertz CT molecular complexity index is 1090. The van der Waals surface area contributed by atoms with Gasteiger partial charge in [-0.25, -0.2) is 9.37 Å². The van der Waals surface area contributed by atoms with Crippen LogP contribution >= 0.6 is 23.4 Å². The molecule has 0 fully saturated rings. The van der Waals surface area contributed by atoms with Crippen LogP contribution in [0, 0.1) is 5.82 Å². The van der Waals surface area contributed by atoms with Gasteiger partial charge in [0.2, 0.25) is 5.91 Å². The van der Waals surface area contributed by atoms with E-state index < -0.39 is 17.0 Å². The van der Waals surface area contributed by atoms with E-state index in [9.17, 15) is 14.0 Å². The Morgan fingerprint density at radius 2 is 2.07 bits per heavy atom. The monoisotopic (exact) mass is 419 g/mol. The number of aromatic nitrogens is 2. The second-order valence-corrected chi connectivity index (χ2v) is 7.99. The van der Waals surface area contributed by atoms with Crippen molar-refractivity contribution in [1.29, 1.82) is 0 Å². The average Bonchev–Trinajstić information content (AvgIpc) is 2.67. The zero-order valence-corrected chi connectivity index (χ0v) is 17.0. The molecule has 2 aromatic carbocycles. The number of rotatable bonds is 6. The summed E-state index contributed by atoms with van der Waals surface area (Å²) in [5, 5.41) is 3.22. The molecule has 0 aliphatic heterocycles. The van der Waals surface area contributed by atoms with Gasteiger partial charge in [-0.2, -0.15) is 0 Å². The quantitative estimate of drug-likeness (QED) is 0.464. The van der Waals surface area contributed by atoms with E-state index in [1.54, 1.807) is 29.7 Å². The summed E-state index contributed by atoms with van der Waals surface area (Å²) in [5.41, 5.74) is 0.504. The van der Waals surface area contributed by atoms with E-state index in [4.69, 9.17) is 11.6 Å². The largest absolute Gasteiger partial charge is 0.323 e. The van der Waals surface area contributed by atoms with Gasteiger partial charge in [0.1, 0.15) is 5.82 Å². The fourth-order valence-electron chi connectivity index (χ4n) is 2.70. The third-order valence-electron chi connectivity index (χ3n) is 4.11. The molecule has 0 spiro atoms. The van der Waals surface area contributed by atoms with Crippen LogP contribution in [-0.4, -0.2) is 20.7 Å². The van der Waals surface area contributed by atoms with Crippen LogP contribution in [0.3, 0.4) is 0 Å². The molecule has 0 bridgehead atoms. The predicted molar refractivity (Wildman–Crippen MR) is 112 cm³/mol. The van der Waals surface area contributed by atoms with E-state index in [0.29, 0.717) is 22.6 Å². The second-order valence-electron chi connectivity index (χ2n) is 6.24. The van der Waals surface area contributed by atoms with E-state index in [1.165, 1.54) is 23.9 Å². The summed E-state index contributed by atoms with van der Waals surface area (Å²) < 4.78 is 15.5. The Morgan fingerprint density at radius 3 is 2.79 bits per heavy atom. The molecule has 28 heavy (non-hydrogen) atoms. The summed E-state index contributed by atoms with van der Waals surface area (Å²) in [6.45, 7) is 4.15. The van der Waals surface area contributed by atoms with Crippen LogP contribution in [0.15, 0.2) is 52.4 Å². The number of carbonyl (C=O) groups excluding carboxylic acids is 1. The highest BCUT2D eigenvalue weighted by Gasteiger charge is 2.20. The van der Waals surface area contributed by atoms with Gasteiger partial charge in [0, 0.05) is 11.6 Å². The van der Waals surface area contributed by atoms with Crippen molar-refractivity contribution in [2.45, 2.75) is 37.2 Å². The fraction of sp³-hybridized carbons (Fsp3) is 0.250. The summed E-state index contributed by atoms with van der Waals surface area (Å²) in [5.74, 6) is -0.999. The van der Waals surface area contributed by atoms with Crippen LogP contribution in [0.25, 0.3) is 10.9 Å². The van der Waals surface area contributed by atoms with Gasteiger partial charge in [0.05, 0.1) is 21.8 Å². The number of hydrogen-bond acceptors (Lipinski definition) is 4. The van der Waals surface area contributed by atoms with Crippen molar-refractivity contribution in [3.05, 3.63) is 63.7 Å². The van der Waals surface area contributed by atoms with Crippen molar-refractivity contribution in [2.75, 3.05) is 5.32 Å². The molecule has 8 heteroatoms. The zero-order valence-electron chi connectivity index (χ0n) is 15.4. The first-order chi connectivity index (χ1) is 13.4. The van der Waals surface area contributed by atoms with Gasteiger partial charge in [0.25, 0.3) is 5.56 Å². The maximum atomic E-state index is 13.9. The molecule has 0 aliphatic carbocycles. The van der Waals surface area contributed by atoms with E-state index in [0.717, 1.165) is 12.5 Å². The van der Waals surface area contributed by atoms with E-state index in [1.807, 2.05) is 13.0 Å². The highest BCUT2D eigenvalue weighted by molar-refractivity contribution is 8.00. The first kappa shape index (κ1) is 20.4. The predicted octanol–water partition coefficient (Wildman–Crippen LogP) is 4.72. The maximum absolute atomic E-state index is 13.9. The van der Waals surface area contributed by atoms with Crippen molar-refractivity contribution in [2.24, 2.45) is 0 Å². The molecule has 1 unspecified atom stereocenters. The van der Waals surface area contributed by atoms with Gasteiger partial charge in [-0.3, -0.25) is 14.2 Å². The molecule has 5 nitrogen and oxygen atoms in total. The molecule has 3 rings (SSSR count). The molecular formula is C20H19ClFN3O2S. The minimum Gasteiger partial charge on any atom is -0.323 e. The van der Waals surface area contributed by atoms with E-state index >= 15 is 0 Å². The molecule has 0 saturated heterocycles. The number of anilines is 1. The van der Waals surface area contributed by atoms with E-state index in [-0.39, 0.29) is 16.3 Å². The minimum atomic E-state index is -0.607. The number of carbonyl (C=O) groups is 1. The Morgan fingerprint density at radius 1 is 1.32 bits per heavy atom. The van der Waals surface area contributed by atoms with Crippen LogP contribution in [0.1, 0.15) is 20.3 Å². The summed E-state index contributed by atoms with van der Waals surface area (Å²) in [6.07, 6.45) is 0.754. The van der Waals surface area contributed by atoms with Crippen LogP contribution in [0.4, 0.5) is 10.1 Å². The Balaban J connectivity index is 1.87. The standard InChI is InChI=1S/C20H19ClFN3O2S/c1-3-10-25-19(27)14-6-4-5-7-16(14)24-20(25)28-12(2)18(26)23-17-9-8-13(21)11-15(17)22/h4-9,11-12H,3,10H2,1-2H3,(H,23,26). The van der Waals surface area contributed by atoms with Crippen LogP contribution in [0.2, 0.25) is 5.02 Å². The highest BCUT2D eigenvalue weighted by atomic mass is 35.5. The number of benzene rings is 2. The number of para-hydroxylation sites is 1. The molecule has 1 atom stereocenters. The SMILES string of the molecule is CCCn1c(SC(C)C(=O)Nc2ccc(Cl)cc2F)nc2ccccc2c1=O. The molecule has 1 amide bonds. The number of hydrogen-bond donors (Lipinski definition) is 1. The van der Waals surface area contributed by atoms with Crippen molar-refractivity contribution in [3.8, 4) is 0 Å². The first-order valence-electron chi connectivity index (χ1n) is 8.83. The van der Waals surface area contributed by atoms with Gasteiger partial charge in [-0.15, -0.1) is 0 Å². The Labute approximate surface area is 170 Å². The minimum absolute atomic E-state index is 0.0549. The summed E-state index contributed by atoms with van der Waals surface area (Å²) in [4.78, 5) is 29.9. The lowest BCUT2D eigenvalue weighted by Gasteiger charge is -2.16. The third-order valence-corrected chi connectivity index (χ3v) is 5.44. The molecular weight excluding hydrogens is 401 g/mol. The van der Waals surface area contributed by atoms with Crippen molar-refractivity contribution >= 4 is 45.9 Å².